The SMILES string of the molecule is CS(=O)(=O)Nc1ccc(-c2csc(Nc3ccccc3C3CC3)n2)cc1. The van der Waals surface area contributed by atoms with Crippen molar-refractivity contribution in [3.63, 3.8) is 0 Å². The van der Waals surface area contributed by atoms with Crippen molar-refractivity contribution in [2.24, 2.45) is 0 Å². The first-order valence-electron chi connectivity index (χ1n) is 8.38. The minimum absolute atomic E-state index is 0.545. The fourth-order valence-corrected chi connectivity index (χ4v) is 4.16. The zero-order valence-corrected chi connectivity index (χ0v) is 15.9. The molecule has 1 aliphatic rings. The average Bonchev–Trinajstić information content (AvgIpc) is 3.34. The summed E-state index contributed by atoms with van der Waals surface area (Å²) in [4.78, 5) is 4.67. The number of hydrogen-bond donors (Lipinski definition) is 2. The third-order valence-electron chi connectivity index (χ3n) is 4.21. The van der Waals surface area contributed by atoms with E-state index in [1.54, 1.807) is 23.5 Å². The highest BCUT2D eigenvalue weighted by Crippen LogP contribution is 2.44. The molecule has 2 N–H and O–H groups in total. The van der Waals surface area contributed by atoms with Crippen molar-refractivity contribution in [1.29, 1.82) is 0 Å². The molecule has 4 rings (SSSR count). The Morgan fingerprint density at radius 2 is 1.81 bits per heavy atom. The summed E-state index contributed by atoms with van der Waals surface area (Å²) in [6.45, 7) is 0. The lowest BCUT2D eigenvalue weighted by molar-refractivity contribution is 0.607. The third-order valence-corrected chi connectivity index (χ3v) is 5.57. The average molecular weight is 386 g/mol. The lowest BCUT2D eigenvalue weighted by Gasteiger charge is -2.08. The van der Waals surface area contributed by atoms with Crippen LogP contribution in [0.4, 0.5) is 16.5 Å². The summed E-state index contributed by atoms with van der Waals surface area (Å²) in [7, 11) is -3.26. The lowest BCUT2D eigenvalue weighted by atomic mass is 10.1. The summed E-state index contributed by atoms with van der Waals surface area (Å²) >= 11 is 1.56. The maximum Gasteiger partial charge on any atom is 0.229 e. The van der Waals surface area contributed by atoms with Gasteiger partial charge in [-0.15, -0.1) is 11.3 Å². The second kappa shape index (κ2) is 6.74. The van der Waals surface area contributed by atoms with E-state index >= 15 is 0 Å². The van der Waals surface area contributed by atoms with Gasteiger partial charge in [-0.3, -0.25) is 4.72 Å². The van der Waals surface area contributed by atoms with Crippen molar-refractivity contribution in [2.75, 3.05) is 16.3 Å². The molecule has 5 nitrogen and oxygen atoms in total. The molecule has 0 atom stereocenters. The minimum atomic E-state index is -3.26. The predicted octanol–water partition coefficient (Wildman–Crippen LogP) is 4.80. The van der Waals surface area contributed by atoms with Crippen molar-refractivity contribution >= 4 is 37.9 Å². The van der Waals surface area contributed by atoms with Crippen LogP contribution in [0.25, 0.3) is 11.3 Å². The molecule has 0 radical (unpaired) electrons. The smallest absolute Gasteiger partial charge is 0.229 e. The monoisotopic (exact) mass is 385 g/mol. The molecule has 1 heterocycles. The van der Waals surface area contributed by atoms with Gasteiger partial charge in [0.15, 0.2) is 5.13 Å². The fraction of sp³-hybridized carbons (Fsp3) is 0.211. The molecule has 1 aliphatic carbocycles. The van der Waals surface area contributed by atoms with Gasteiger partial charge in [-0.25, -0.2) is 13.4 Å². The third kappa shape index (κ3) is 4.05. The predicted molar refractivity (Wildman–Crippen MR) is 108 cm³/mol. The maximum atomic E-state index is 11.3. The number of aromatic nitrogens is 1. The molecule has 1 saturated carbocycles. The van der Waals surface area contributed by atoms with Crippen LogP contribution in [0.5, 0.6) is 0 Å². The van der Waals surface area contributed by atoms with Crippen molar-refractivity contribution in [3.8, 4) is 11.3 Å². The van der Waals surface area contributed by atoms with E-state index < -0.39 is 10.0 Å². The van der Waals surface area contributed by atoms with Gasteiger partial charge in [0.2, 0.25) is 10.0 Å². The van der Waals surface area contributed by atoms with Gasteiger partial charge in [-0.05, 0) is 42.5 Å². The molecule has 0 spiro atoms. The zero-order chi connectivity index (χ0) is 18.1. The van der Waals surface area contributed by atoms with Crippen molar-refractivity contribution < 1.29 is 8.42 Å². The maximum absolute atomic E-state index is 11.3. The van der Waals surface area contributed by atoms with E-state index in [1.807, 2.05) is 23.6 Å². The van der Waals surface area contributed by atoms with Gasteiger partial charge < -0.3 is 5.32 Å². The Morgan fingerprint density at radius 1 is 1.08 bits per heavy atom. The molecule has 3 aromatic rings. The molecular weight excluding hydrogens is 366 g/mol. The number of thiazole rings is 1. The Morgan fingerprint density at radius 3 is 2.50 bits per heavy atom. The number of sulfonamides is 1. The van der Waals surface area contributed by atoms with Crippen molar-refractivity contribution in [2.45, 2.75) is 18.8 Å². The number of hydrogen-bond acceptors (Lipinski definition) is 5. The Labute approximate surface area is 157 Å². The summed E-state index contributed by atoms with van der Waals surface area (Å²) in [5.41, 5.74) is 4.85. The Kier molecular flexibility index (Phi) is 4.42. The molecule has 1 fully saturated rings. The van der Waals surface area contributed by atoms with Crippen LogP contribution < -0.4 is 10.0 Å². The Hall–Kier alpha value is -2.38. The highest BCUT2D eigenvalue weighted by molar-refractivity contribution is 7.92. The molecule has 134 valence electrons. The molecular formula is C19H19N3O2S2. The molecule has 26 heavy (non-hydrogen) atoms. The van der Waals surface area contributed by atoms with Crippen LogP contribution in [0.15, 0.2) is 53.9 Å². The summed E-state index contributed by atoms with van der Waals surface area (Å²) in [6, 6.07) is 15.6. The molecule has 7 heteroatoms. The van der Waals surface area contributed by atoms with Crippen LogP contribution in [-0.4, -0.2) is 19.7 Å². The van der Waals surface area contributed by atoms with Crippen molar-refractivity contribution in [1.82, 2.24) is 4.98 Å². The standard InChI is InChI=1S/C19H19N3O2S2/c1-26(23,24)22-15-10-8-14(9-11-15)18-12-25-19(21-18)20-17-5-3-2-4-16(17)13-6-7-13/h2-5,8-13,22H,6-7H2,1H3,(H,20,21). The topological polar surface area (TPSA) is 71.1 Å². The fourth-order valence-electron chi connectivity index (χ4n) is 2.86. The van der Waals surface area contributed by atoms with Gasteiger partial charge in [0.1, 0.15) is 0 Å². The number of nitrogens with one attached hydrogen (secondary N) is 2. The second-order valence-electron chi connectivity index (χ2n) is 6.48. The first kappa shape index (κ1) is 17.1. The Bertz CT molecular complexity index is 1020. The van der Waals surface area contributed by atoms with Gasteiger partial charge in [0.05, 0.1) is 11.9 Å². The Balaban J connectivity index is 1.51. The van der Waals surface area contributed by atoms with Crippen LogP contribution >= 0.6 is 11.3 Å². The van der Waals surface area contributed by atoms with Crippen LogP contribution in [-0.2, 0) is 10.0 Å². The minimum Gasteiger partial charge on any atom is -0.331 e. The van der Waals surface area contributed by atoms with E-state index in [0.717, 1.165) is 28.3 Å². The van der Waals surface area contributed by atoms with Crippen LogP contribution in [0.3, 0.4) is 0 Å². The van der Waals surface area contributed by atoms with Gasteiger partial charge >= 0.3 is 0 Å². The molecule has 0 aliphatic heterocycles. The largest absolute Gasteiger partial charge is 0.331 e. The van der Waals surface area contributed by atoms with E-state index in [9.17, 15) is 8.42 Å². The quantitative estimate of drug-likeness (QED) is 0.639. The van der Waals surface area contributed by atoms with Gasteiger partial charge in [-0.2, -0.15) is 0 Å². The zero-order valence-electron chi connectivity index (χ0n) is 14.3. The molecule has 0 saturated heterocycles. The summed E-state index contributed by atoms with van der Waals surface area (Å²) < 4.78 is 25.0. The number of rotatable bonds is 6. The summed E-state index contributed by atoms with van der Waals surface area (Å²) in [6.07, 6.45) is 3.66. The number of benzene rings is 2. The van der Waals surface area contributed by atoms with E-state index in [-0.39, 0.29) is 0 Å². The first-order valence-corrected chi connectivity index (χ1v) is 11.1. The van der Waals surface area contributed by atoms with E-state index in [1.165, 1.54) is 18.4 Å². The molecule has 0 bridgehead atoms. The summed E-state index contributed by atoms with van der Waals surface area (Å²) in [5.74, 6) is 0.674. The second-order valence-corrected chi connectivity index (χ2v) is 9.08. The van der Waals surface area contributed by atoms with Crippen molar-refractivity contribution in [3.05, 3.63) is 59.5 Å². The van der Waals surface area contributed by atoms with E-state index in [0.29, 0.717) is 11.6 Å². The number of nitrogens with zero attached hydrogens (tertiary/aromatic N) is 1. The number of anilines is 3. The number of para-hydroxylation sites is 1. The van der Waals surface area contributed by atoms with Gasteiger partial charge in [0.25, 0.3) is 0 Å². The van der Waals surface area contributed by atoms with Crippen LogP contribution in [0, 0.1) is 0 Å². The lowest BCUT2D eigenvalue weighted by Crippen LogP contribution is -2.09. The first-order chi connectivity index (χ1) is 12.5. The van der Waals surface area contributed by atoms with E-state index in [4.69, 9.17) is 0 Å². The molecule has 0 amide bonds. The molecule has 0 unspecified atom stereocenters. The van der Waals surface area contributed by atoms with Crippen LogP contribution in [0.1, 0.15) is 24.3 Å². The van der Waals surface area contributed by atoms with Gasteiger partial charge in [0, 0.05) is 22.3 Å². The van der Waals surface area contributed by atoms with E-state index in [2.05, 4.69) is 33.2 Å². The summed E-state index contributed by atoms with van der Waals surface area (Å²) in [5, 5.41) is 6.30. The van der Waals surface area contributed by atoms with Gasteiger partial charge in [-0.1, -0.05) is 30.3 Å². The normalized spacial score (nSPS) is 14.2. The molecule has 1 aromatic heterocycles. The van der Waals surface area contributed by atoms with Crippen LogP contribution in [0.2, 0.25) is 0 Å². The highest BCUT2D eigenvalue weighted by Gasteiger charge is 2.25. The highest BCUT2D eigenvalue weighted by atomic mass is 32.2. The molecule has 2 aromatic carbocycles.